The number of likely N-dealkylation sites (tertiary alicyclic amines) is 1. The molecule has 1 aliphatic rings. The number of nitrogens with two attached hydrogens (primary N) is 1. The van der Waals surface area contributed by atoms with Gasteiger partial charge in [-0.1, -0.05) is 88.2 Å². The van der Waals surface area contributed by atoms with Crippen LogP contribution in [-0.2, 0) is 19.3 Å². The van der Waals surface area contributed by atoms with E-state index in [0.29, 0.717) is 5.02 Å². The van der Waals surface area contributed by atoms with Crippen molar-refractivity contribution in [1.82, 2.24) is 4.90 Å². The molecule has 8 nitrogen and oxygen atoms in total. The smallest absolute Gasteiger partial charge is 0.346 e. The lowest BCUT2D eigenvalue weighted by Gasteiger charge is -2.53. The zero-order valence-corrected chi connectivity index (χ0v) is 25.5. The van der Waals surface area contributed by atoms with Crippen molar-refractivity contribution in [2.24, 2.45) is 21.4 Å². The van der Waals surface area contributed by atoms with E-state index in [1.165, 1.54) is 0 Å². The van der Waals surface area contributed by atoms with Gasteiger partial charge in [0, 0.05) is 22.2 Å². The molecule has 1 saturated heterocycles. The second-order valence-electron chi connectivity index (χ2n) is 11.7. The summed E-state index contributed by atoms with van der Waals surface area (Å²) in [6.07, 6.45) is -0.0837. The topological polar surface area (TPSA) is 130 Å². The molecule has 0 bridgehead atoms. The average molecular weight is 590 g/mol. The van der Waals surface area contributed by atoms with Gasteiger partial charge in [0.2, 0.25) is 5.91 Å². The molecule has 3 rings (SSSR count). The van der Waals surface area contributed by atoms with E-state index in [9.17, 15) is 23.7 Å². The van der Waals surface area contributed by atoms with Gasteiger partial charge in [-0.25, -0.2) is 9.00 Å². The van der Waals surface area contributed by atoms with Crippen molar-refractivity contribution >= 4 is 39.2 Å². The van der Waals surface area contributed by atoms with Gasteiger partial charge in [0.25, 0.3) is 0 Å². The zero-order valence-electron chi connectivity index (χ0n) is 24.0. The van der Waals surface area contributed by atoms with Gasteiger partial charge >= 0.3 is 12.0 Å². The molecular formula is C30H40ClN3O5S. The summed E-state index contributed by atoms with van der Waals surface area (Å²) in [5.74, 6) is -2.00. The van der Waals surface area contributed by atoms with Gasteiger partial charge in [0.1, 0.15) is 0 Å². The Morgan fingerprint density at radius 2 is 1.77 bits per heavy atom. The van der Waals surface area contributed by atoms with Gasteiger partial charge in [-0.15, -0.1) is 4.36 Å². The Morgan fingerprint density at radius 3 is 2.27 bits per heavy atom. The van der Waals surface area contributed by atoms with E-state index >= 15 is 0 Å². The fourth-order valence-electron chi connectivity index (χ4n) is 5.67. The van der Waals surface area contributed by atoms with Crippen molar-refractivity contribution in [3.63, 3.8) is 0 Å². The third-order valence-corrected chi connectivity index (χ3v) is 10.9. The van der Waals surface area contributed by atoms with Crippen molar-refractivity contribution in [2.45, 2.75) is 77.6 Å². The number of rotatable bonds is 9. The second-order valence-corrected chi connectivity index (χ2v) is 15.0. The summed E-state index contributed by atoms with van der Waals surface area (Å²) in [6.45, 7) is 10.9. The molecule has 218 valence electrons. The Labute approximate surface area is 242 Å². The number of amides is 3. The lowest BCUT2D eigenvalue weighted by Crippen LogP contribution is -2.59. The van der Waals surface area contributed by atoms with Gasteiger partial charge in [-0.3, -0.25) is 9.59 Å². The number of aliphatic carboxylic acids is 1. The number of benzene rings is 2. The number of primary amides is 1. The summed E-state index contributed by atoms with van der Waals surface area (Å²) in [7, 11) is -3.16. The molecule has 0 aromatic heterocycles. The number of halogens is 1. The molecule has 40 heavy (non-hydrogen) atoms. The maximum Gasteiger partial charge on any atom is 0.346 e. The Balaban J connectivity index is 2.34. The SMILES string of the molecule is Cc1ccc([C@@H]2[C@@H](c3cccc(Cl)c3)C[C@](C)(CC(=O)O)C(=O)N2[C@H](CS(=O)(=NC(N)=O)C(C)C)C(C)C)cc1. The van der Waals surface area contributed by atoms with E-state index in [0.717, 1.165) is 16.7 Å². The number of carbonyl (C=O) groups is 3. The van der Waals surface area contributed by atoms with E-state index in [-0.39, 0.29) is 36.3 Å². The summed E-state index contributed by atoms with van der Waals surface area (Å²) in [5.41, 5.74) is 6.93. The molecule has 10 heteroatoms. The van der Waals surface area contributed by atoms with Crippen molar-refractivity contribution < 1.29 is 23.7 Å². The number of piperidine rings is 1. The van der Waals surface area contributed by atoms with Crippen molar-refractivity contribution in [2.75, 3.05) is 5.75 Å². The number of hydrogen-bond donors (Lipinski definition) is 2. The highest BCUT2D eigenvalue weighted by atomic mass is 35.5. The molecule has 0 aliphatic carbocycles. The minimum atomic E-state index is -3.16. The van der Waals surface area contributed by atoms with Crippen molar-refractivity contribution in [3.05, 3.63) is 70.2 Å². The van der Waals surface area contributed by atoms with Gasteiger partial charge in [0.15, 0.2) is 0 Å². The normalized spacial score (nSPS) is 23.6. The highest BCUT2D eigenvalue weighted by Gasteiger charge is 2.53. The quantitative estimate of drug-likeness (QED) is 0.361. The molecule has 0 radical (unpaired) electrons. The van der Waals surface area contributed by atoms with Crippen LogP contribution in [0, 0.1) is 18.3 Å². The zero-order chi connectivity index (χ0) is 30.0. The maximum absolute atomic E-state index is 14.5. The maximum atomic E-state index is 14.5. The molecule has 2 aromatic rings. The largest absolute Gasteiger partial charge is 0.481 e. The number of carboxylic acids is 1. The van der Waals surface area contributed by atoms with Gasteiger partial charge in [-0.2, -0.15) is 0 Å². The minimum Gasteiger partial charge on any atom is -0.481 e. The Bertz CT molecular complexity index is 1380. The molecule has 3 amide bonds. The van der Waals surface area contributed by atoms with Crippen molar-refractivity contribution in [1.29, 1.82) is 0 Å². The summed E-state index contributed by atoms with van der Waals surface area (Å²) < 4.78 is 17.9. The number of carboxylic acid groups (broad SMARTS) is 1. The minimum absolute atomic E-state index is 0.0786. The summed E-state index contributed by atoms with van der Waals surface area (Å²) >= 11 is 6.41. The number of hydrogen-bond acceptors (Lipinski definition) is 4. The van der Waals surface area contributed by atoms with Crippen LogP contribution >= 0.6 is 11.6 Å². The molecule has 2 aromatic carbocycles. The van der Waals surface area contributed by atoms with Crippen LogP contribution < -0.4 is 5.73 Å². The molecule has 1 aliphatic heterocycles. The molecular weight excluding hydrogens is 550 g/mol. The van der Waals surface area contributed by atoms with Gasteiger partial charge in [-0.05, 0) is 42.5 Å². The molecule has 1 fully saturated rings. The van der Waals surface area contributed by atoms with E-state index in [4.69, 9.17) is 17.3 Å². The first-order chi connectivity index (χ1) is 18.6. The van der Waals surface area contributed by atoms with Crippen LogP contribution in [0.2, 0.25) is 5.02 Å². The van der Waals surface area contributed by atoms with E-state index < -0.39 is 44.5 Å². The van der Waals surface area contributed by atoms with Crippen LogP contribution in [0.25, 0.3) is 0 Å². The molecule has 3 N–H and O–H groups in total. The fraction of sp³-hybridized carbons (Fsp3) is 0.500. The first kappa shape index (κ1) is 31.6. The molecule has 0 spiro atoms. The van der Waals surface area contributed by atoms with E-state index in [1.807, 2.05) is 63.2 Å². The Hall–Kier alpha value is -2.91. The highest BCUT2D eigenvalue weighted by Crippen LogP contribution is 2.52. The molecule has 1 heterocycles. The highest BCUT2D eigenvalue weighted by molar-refractivity contribution is 7.94. The molecule has 1 unspecified atom stereocenters. The van der Waals surface area contributed by atoms with Crippen LogP contribution in [0.3, 0.4) is 0 Å². The van der Waals surface area contributed by atoms with Gasteiger partial charge < -0.3 is 15.7 Å². The standard InChI is InChI=1S/C30H40ClN3O5S/c1-18(2)25(17-40(39,19(3)4)33-29(32)38)34-27(21-12-10-20(5)11-13-21)24(22-8-7-9-23(31)14-22)15-30(6,28(34)37)16-26(35)36/h7-14,18-19,24-25,27H,15-17H2,1-6H3,(H2,32,38)(H,35,36)/t24-,25-,27-,30-,40?/m1/s1. The van der Waals surface area contributed by atoms with Crippen LogP contribution in [-0.4, -0.2) is 49.2 Å². The Morgan fingerprint density at radius 1 is 1.15 bits per heavy atom. The number of urea groups is 1. The third-order valence-electron chi connectivity index (χ3n) is 7.86. The van der Waals surface area contributed by atoms with Crippen LogP contribution in [0.15, 0.2) is 52.9 Å². The van der Waals surface area contributed by atoms with Crippen molar-refractivity contribution in [3.8, 4) is 0 Å². The average Bonchev–Trinajstić information content (AvgIpc) is 2.84. The Kier molecular flexibility index (Phi) is 9.73. The van der Waals surface area contributed by atoms with Gasteiger partial charge in [0.05, 0.1) is 33.4 Å². The van der Waals surface area contributed by atoms with Crippen LogP contribution in [0.4, 0.5) is 4.79 Å². The van der Waals surface area contributed by atoms with E-state index in [2.05, 4.69) is 4.36 Å². The predicted molar refractivity (Wildman–Crippen MR) is 159 cm³/mol. The third kappa shape index (κ3) is 6.86. The fourth-order valence-corrected chi connectivity index (χ4v) is 7.88. The number of nitrogens with zero attached hydrogens (tertiary/aromatic N) is 2. The van der Waals surface area contributed by atoms with Crippen LogP contribution in [0.5, 0.6) is 0 Å². The first-order valence-corrected chi connectivity index (χ1v) is 15.6. The first-order valence-electron chi connectivity index (χ1n) is 13.5. The molecule has 0 saturated carbocycles. The predicted octanol–water partition coefficient (Wildman–Crippen LogP) is 6.17. The molecule has 5 atom stereocenters. The lowest BCUT2D eigenvalue weighted by atomic mass is 9.66. The monoisotopic (exact) mass is 589 g/mol. The van der Waals surface area contributed by atoms with E-state index in [1.54, 1.807) is 31.7 Å². The second kappa shape index (κ2) is 12.3. The summed E-state index contributed by atoms with van der Waals surface area (Å²) in [4.78, 5) is 40.1. The number of aryl methyl sites for hydroxylation is 1. The number of carbonyl (C=O) groups excluding carboxylic acids is 2. The lowest BCUT2D eigenvalue weighted by molar-refractivity contribution is -0.161. The van der Waals surface area contributed by atoms with Crippen LogP contribution in [0.1, 0.15) is 76.1 Å². The summed E-state index contributed by atoms with van der Waals surface area (Å²) in [5, 5.41) is 9.88. The summed E-state index contributed by atoms with van der Waals surface area (Å²) in [6, 6.07) is 13.1.